The van der Waals surface area contributed by atoms with E-state index in [0.29, 0.717) is 6.04 Å². The van der Waals surface area contributed by atoms with Crippen molar-refractivity contribution in [3.8, 4) is 0 Å². The Bertz CT molecular complexity index is 279. The molecule has 0 amide bonds. The summed E-state index contributed by atoms with van der Waals surface area (Å²) in [4.78, 5) is 0. The lowest BCUT2D eigenvalue weighted by molar-refractivity contribution is 0.497. The molecule has 0 spiro atoms. The van der Waals surface area contributed by atoms with E-state index < -0.39 is 0 Å². The molecule has 1 atom stereocenters. The topological polar surface area (TPSA) is 12.0 Å². The predicted octanol–water partition coefficient (Wildman–Crippen LogP) is 4.15. The van der Waals surface area contributed by atoms with Gasteiger partial charge in [0.25, 0.3) is 0 Å². The third-order valence-electron chi connectivity index (χ3n) is 2.54. The molecule has 0 bridgehead atoms. The summed E-state index contributed by atoms with van der Waals surface area (Å²) < 4.78 is 1.14. The highest BCUT2D eigenvalue weighted by molar-refractivity contribution is 9.10. The molecule has 1 nitrogen and oxygen atoms in total. The van der Waals surface area contributed by atoms with E-state index in [1.165, 1.54) is 12.0 Å². The van der Waals surface area contributed by atoms with Crippen molar-refractivity contribution in [2.45, 2.75) is 33.2 Å². The van der Waals surface area contributed by atoms with Crippen molar-refractivity contribution >= 4 is 15.9 Å². The van der Waals surface area contributed by atoms with Crippen LogP contribution in [0.25, 0.3) is 0 Å². The van der Waals surface area contributed by atoms with Gasteiger partial charge < -0.3 is 5.32 Å². The fraction of sp³-hybridized carbons (Fsp3) is 0.538. The molecule has 0 radical (unpaired) electrons. The van der Waals surface area contributed by atoms with Gasteiger partial charge in [-0.15, -0.1) is 0 Å². The highest BCUT2D eigenvalue weighted by atomic mass is 79.9. The fourth-order valence-corrected chi connectivity index (χ4v) is 1.72. The summed E-state index contributed by atoms with van der Waals surface area (Å²) in [6, 6.07) is 8.96. The molecule has 1 aromatic rings. The molecule has 1 aromatic carbocycles. The minimum Gasteiger partial charge on any atom is -0.310 e. The molecule has 0 heterocycles. The lowest BCUT2D eigenvalue weighted by Gasteiger charge is -2.15. The second-order valence-corrected chi connectivity index (χ2v) is 5.33. The monoisotopic (exact) mass is 269 g/mol. The van der Waals surface area contributed by atoms with Crippen molar-refractivity contribution in [3.05, 3.63) is 34.3 Å². The zero-order chi connectivity index (χ0) is 11.3. The molecule has 0 saturated heterocycles. The Morgan fingerprint density at radius 2 is 1.73 bits per heavy atom. The van der Waals surface area contributed by atoms with E-state index in [1.54, 1.807) is 0 Å². The van der Waals surface area contributed by atoms with Crippen molar-refractivity contribution in [1.29, 1.82) is 0 Å². The van der Waals surface area contributed by atoms with Crippen LogP contribution in [0.4, 0.5) is 0 Å². The molecular weight excluding hydrogens is 250 g/mol. The van der Waals surface area contributed by atoms with Crippen LogP contribution in [0.3, 0.4) is 0 Å². The fourth-order valence-electron chi connectivity index (χ4n) is 1.46. The Labute approximate surface area is 101 Å². The third-order valence-corrected chi connectivity index (χ3v) is 3.07. The maximum atomic E-state index is 3.53. The zero-order valence-corrected chi connectivity index (χ0v) is 11.3. The molecule has 15 heavy (non-hydrogen) atoms. The first-order valence-corrected chi connectivity index (χ1v) is 6.37. The maximum Gasteiger partial charge on any atom is 0.0291 e. The Morgan fingerprint density at radius 3 is 2.27 bits per heavy atom. The smallest absolute Gasteiger partial charge is 0.0291 e. The Morgan fingerprint density at radius 1 is 1.13 bits per heavy atom. The molecule has 0 fully saturated rings. The van der Waals surface area contributed by atoms with Crippen molar-refractivity contribution in [2.75, 3.05) is 6.54 Å². The second-order valence-electron chi connectivity index (χ2n) is 4.41. The number of hydrogen-bond donors (Lipinski definition) is 1. The van der Waals surface area contributed by atoms with E-state index in [2.05, 4.69) is 66.3 Å². The van der Waals surface area contributed by atoms with E-state index in [-0.39, 0.29) is 0 Å². The zero-order valence-electron chi connectivity index (χ0n) is 9.76. The Kier molecular flexibility index (Phi) is 5.34. The molecular formula is C13H20BrN. The van der Waals surface area contributed by atoms with E-state index in [4.69, 9.17) is 0 Å². The van der Waals surface area contributed by atoms with E-state index in [1.807, 2.05) is 0 Å². The van der Waals surface area contributed by atoms with Gasteiger partial charge in [-0.05, 0) is 43.5 Å². The van der Waals surface area contributed by atoms with Crippen LogP contribution in [0, 0.1) is 5.92 Å². The van der Waals surface area contributed by atoms with Crippen molar-refractivity contribution in [1.82, 2.24) is 5.32 Å². The molecule has 0 aliphatic heterocycles. The lowest BCUT2D eigenvalue weighted by Crippen LogP contribution is -2.20. The average Bonchev–Trinajstić information content (AvgIpc) is 2.18. The van der Waals surface area contributed by atoms with Gasteiger partial charge in [-0.2, -0.15) is 0 Å². The minimum atomic E-state index is 0.442. The summed E-state index contributed by atoms with van der Waals surface area (Å²) in [7, 11) is 0. The van der Waals surface area contributed by atoms with Gasteiger partial charge in [0.1, 0.15) is 0 Å². The lowest BCUT2D eigenvalue weighted by atomic mass is 10.1. The Hall–Kier alpha value is -0.340. The van der Waals surface area contributed by atoms with Crippen LogP contribution in [-0.2, 0) is 0 Å². The van der Waals surface area contributed by atoms with E-state index >= 15 is 0 Å². The molecule has 0 unspecified atom stereocenters. The standard InChI is InChI=1S/C13H20BrN/c1-10(2)8-9-15-11(3)12-4-6-13(14)7-5-12/h4-7,10-11,15H,8-9H2,1-3H3/t11-/m1/s1. The number of halogens is 1. The van der Waals surface area contributed by atoms with Gasteiger partial charge in [0.15, 0.2) is 0 Å². The minimum absolute atomic E-state index is 0.442. The highest BCUT2D eigenvalue weighted by Gasteiger charge is 2.04. The summed E-state index contributed by atoms with van der Waals surface area (Å²) in [6.07, 6.45) is 1.24. The van der Waals surface area contributed by atoms with Gasteiger partial charge in [-0.1, -0.05) is 41.9 Å². The van der Waals surface area contributed by atoms with Crippen LogP contribution in [-0.4, -0.2) is 6.54 Å². The van der Waals surface area contributed by atoms with Crippen LogP contribution < -0.4 is 5.32 Å². The highest BCUT2D eigenvalue weighted by Crippen LogP contribution is 2.16. The quantitative estimate of drug-likeness (QED) is 0.847. The third kappa shape index (κ3) is 4.80. The molecule has 0 aliphatic carbocycles. The van der Waals surface area contributed by atoms with Gasteiger partial charge in [-0.25, -0.2) is 0 Å². The van der Waals surface area contributed by atoms with Gasteiger partial charge >= 0.3 is 0 Å². The normalized spacial score (nSPS) is 13.1. The summed E-state index contributed by atoms with van der Waals surface area (Å²) >= 11 is 3.45. The number of benzene rings is 1. The van der Waals surface area contributed by atoms with Crippen molar-refractivity contribution in [3.63, 3.8) is 0 Å². The van der Waals surface area contributed by atoms with Gasteiger partial charge in [0.2, 0.25) is 0 Å². The van der Waals surface area contributed by atoms with Gasteiger partial charge in [0.05, 0.1) is 0 Å². The Balaban J connectivity index is 2.40. The van der Waals surface area contributed by atoms with Crippen LogP contribution >= 0.6 is 15.9 Å². The predicted molar refractivity (Wildman–Crippen MR) is 70.0 cm³/mol. The first-order valence-electron chi connectivity index (χ1n) is 5.58. The van der Waals surface area contributed by atoms with Gasteiger partial charge in [-0.3, -0.25) is 0 Å². The molecule has 0 saturated carbocycles. The molecule has 2 heteroatoms. The maximum absolute atomic E-state index is 3.53. The molecule has 0 aliphatic rings. The first kappa shape index (κ1) is 12.7. The number of hydrogen-bond acceptors (Lipinski definition) is 1. The van der Waals surface area contributed by atoms with Crippen LogP contribution in [0.2, 0.25) is 0 Å². The van der Waals surface area contributed by atoms with Gasteiger partial charge in [0, 0.05) is 10.5 Å². The molecule has 84 valence electrons. The SMILES string of the molecule is CC(C)CCN[C@H](C)c1ccc(Br)cc1. The molecule has 0 aromatic heterocycles. The van der Waals surface area contributed by atoms with Crippen LogP contribution in [0.15, 0.2) is 28.7 Å². The number of nitrogens with one attached hydrogen (secondary N) is 1. The molecule has 1 N–H and O–H groups in total. The summed E-state index contributed by atoms with van der Waals surface area (Å²) in [5.41, 5.74) is 1.35. The summed E-state index contributed by atoms with van der Waals surface area (Å²) in [6.45, 7) is 7.82. The van der Waals surface area contributed by atoms with Crippen molar-refractivity contribution in [2.24, 2.45) is 5.92 Å². The average molecular weight is 270 g/mol. The second kappa shape index (κ2) is 6.29. The summed E-state index contributed by atoms with van der Waals surface area (Å²) in [5.74, 6) is 0.773. The summed E-state index contributed by atoms with van der Waals surface area (Å²) in [5, 5.41) is 3.53. The van der Waals surface area contributed by atoms with Crippen LogP contribution in [0.1, 0.15) is 38.8 Å². The first-order chi connectivity index (χ1) is 7.09. The van der Waals surface area contributed by atoms with E-state index in [0.717, 1.165) is 16.9 Å². The number of rotatable bonds is 5. The van der Waals surface area contributed by atoms with Crippen molar-refractivity contribution < 1.29 is 0 Å². The largest absolute Gasteiger partial charge is 0.310 e. The van der Waals surface area contributed by atoms with Crippen LogP contribution in [0.5, 0.6) is 0 Å². The van der Waals surface area contributed by atoms with E-state index in [9.17, 15) is 0 Å². The molecule has 1 rings (SSSR count).